The number of rotatable bonds is 2. The van der Waals surface area contributed by atoms with E-state index in [1.54, 1.807) is 0 Å². The molecule has 0 amide bonds. The summed E-state index contributed by atoms with van der Waals surface area (Å²) < 4.78 is 0. The maximum absolute atomic E-state index is 9.68. The number of nitrogens with one attached hydrogen (secondary N) is 2. The van der Waals surface area contributed by atoms with E-state index in [9.17, 15) is 5.26 Å². The molecule has 2 aromatic carbocycles. The zero-order valence-electron chi connectivity index (χ0n) is 14.1. The van der Waals surface area contributed by atoms with Crippen molar-refractivity contribution in [1.29, 1.82) is 5.26 Å². The highest BCUT2D eigenvalue weighted by Crippen LogP contribution is 2.45. The van der Waals surface area contributed by atoms with Crippen LogP contribution in [0.2, 0.25) is 0 Å². The number of nitriles is 1. The molecule has 0 saturated carbocycles. The van der Waals surface area contributed by atoms with Crippen LogP contribution in [0.25, 0.3) is 0 Å². The number of hydrogen-bond acceptors (Lipinski definition) is 4. The summed E-state index contributed by atoms with van der Waals surface area (Å²) in [5.74, 6) is 0.462. The molecule has 0 aliphatic carbocycles. The zero-order valence-corrected chi connectivity index (χ0v) is 14.1. The predicted octanol–water partition coefficient (Wildman–Crippen LogP) is 3.51. The molecule has 1 saturated heterocycles. The minimum atomic E-state index is 0.462. The van der Waals surface area contributed by atoms with Crippen molar-refractivity contribution in [3.63, 3.8) is 0 Å². The van der Waals surface area contributed by atoms with Gasteiger partial charge in [0.25, 0.3) is 0 Å². The third-order valence-electron chi connectivity index (χ3n) is 5.38. The van der Waals surface area contributed by atoms with Crippen molar-refractivity contribution >= 4 is 17.1 Å². The van der Waals surface area contributed by atoms with Gasteiger partial charge in [-0.05, 0) is 49.2 Å². The lowest BCUT2D eigenvalue weighted by atomic mass is 9.89. The van der Waals surface area contributed by atoms with Crippen molar-refractivity contribution in [1.82, 2.24) is 5.32 Å². The van der Waals surface area contributed by atoms with E-state index in [4.69, 9.17) is 0 Å². The Morgan fingerprint density at radius 3 is 2.92 bits per heavy atom. The first-order valence-electron chi connectivity index (χ1n) is 8.53. The quantitative estimate of drug-likeness (QED) is 0.890. The molecule has 122 valence electrons. The summed E-state index contributed by atoms with van der Waals surface area (Å²) in [5, 5.41) is 16.7. The molecular formula is C20H22N4. The average molecular weight is 318 g/mol. The molecule has 2 aliphatic rings. The van der Waals surface area contributed by atoms with Crippen LogP contribution in [-0.2, 0) is 0 Å². The largest absolute Gasteiger partial charge is 0.370 e. The van der Waals surface area contributed by atoms with Crippen molar-refractivity contribution in [3.05, 3.63) is 53.1 Å². The molecule has 2 aromatic rings. The summed E-state index contributed by atoms with van der Waals surface area (Å²) in [5.41, 5.74) is 6.47. The lowest BCUT2D eigenvalue weighted by Gasteiger charge is -2.31. The SMILES string of the molecule is Cc1ccccc1Nc1cc(C#N)c2c(c1)[C@@H]1CNCC[C@@H]1N2C. The average Bonchev–Trinajstić information content (AvgIpc) is 2.90. The normalized spacial score (nSPS) is 21.8. The minimum absolute atomic E-state index is 0.462. The topological polar surface area (TPSA) is 51.1 Å². The van der Waals surface area contributed by atoms with Crippen molar-refractivity contribution in [2.75, 3.05) is 30.4 Å². The molecule has 0 radical (unpaired) electrons. The third-order valence-corrected chi connectivity index (χ3v) is 5.38. The fraction of sp³-hybridized carbons (Fsp3) is 0.350. The molecule has 4 heteroatoms. The second-order valence-corrected chi connectivity index (χ2v) is 6.79. The third kappa shape index (κ3) is 2.33. The van der Waals surface area contributed by atoms with Crippen molar-refractivity contribution in [3.8, 4) is 6.07 Å². The first kappa shape index (κ1) is 15.0. The Bertz CT molecular complexity index is 821. The molecule has 4 nitrogen and oxygen atoms in total. The molecule has 2 aliphatic heterocycles. The molecule has 24 heavy (non-hydrogen) atoms. The highest BCUT2D eigenvalue weighted by Gasteiger charge is 2.39. The number of fused-ring (bicyclic) bond motifs is 3. The van der Waals surface area contributed by atoms with Crippen LogP contribution in [0.1, 0.15) is 29.0 Å². The highest BCUT2D eigenvalue weighted by atomic mass is 15.2. The number of piperidine rings is 1. The predicted molar refractivity (Wildman–Crippen MR) is 98.0 cm³/mol. The smallest absolute Gasteiger partial charge is 0.101 e. The number of aryl methyl sites for hydroxylation is 1. The first-order valence-corrected chi connectivity index (χ1v) is 8.53. The minimum Gasteiger partial charge on any atom is -0.370 e. The standard InChI is InChI=1S/C20H22N4/c1-13-5-3-4-6-18(13)23-15-9-14(11-21)20-16(10-15)17-12-22-8-7-19(17)24(20)2/h3-6,9-10,17,19,22-23H,7-8,12H2,1-2H3/t17-,19-/m0/s1. The molecule has 0 spiro atoms. The van der Waals surface area contributed by atoms with E-state index < -0.39 is 0 Å². The van der Waals surface area contributed by atoms with E-state index in [-0.39, 0.29) is 0 Å². The van der Waals surface area contributed by atoms with Gasteiger partial charge < -0.3 is 15.5 Å². The summed E-state index contributed by atoms with van der Waals surface area (Å²) in [6.45, 7) is 4.13. The van der Waals surface area contributed by atoms with E-state index in [2.05, 4.69) is 53.8 Å². The monoisotopic (exact) mass is 318 g/mol. The summed E-state index contributed by atoms with van der Waals surface area (Å²) >= 11 is 0. The molecule has 0 unspecified atom stereocenters. The van der Waals surface area contributed by atoms with Gasteiger partial charge in [0, 0.05) is 36.9 Å². The Hall–Kier alpha value is -2.51. The molecule has 2 heterocycles. The Balaban J connectivity index is 1.77. The van der Waals surface area contributed by atoms with Crippen LogP contribution in [-0.4, -0.2) is 26.2 Å². The molecule has 0 bridgehead atoms. The summed E-state index contributed by atoms with van der Waals surface area (Å²) in [6, 6.07) is 15.4. The van der Waals surface area contributed by atoms with Crippen molar-refractivity contribution < 1.29 is 0 Å². The fourth-order valence-electron chi connectivity index (χ4n) is 4.15. The Morgan fingerprint density at radius 2 is 2.12 bits per heavy atom. The fourth-order valence-corrected chi connectivity index (χ4v) is 4.15. The van der Waals surface area contributed by atoms with Gasteiger partial charge in [-0.1, -0.05) is 18.2 Å². The van der Waals surface area contributed by atoms with Gasteiger partial charge >= 0.3 is 0 Å². The zero-order chi connectivity index (χ0) is 16.7. The Kier molecular flexibility index (Phi) is 3.66. The van der Waals surface area contributed by atoms with E-state index in [0.717, 1.165) is 42.1 Å². The van der Waals surface area contributed by atoms with Gasteiger partial charge in [0.1, 0.15) is 6.07 Å². The van der Waals surface area contributed by atoms with Gasteiger partial charge in [-0.25, -0.2) is 0 Å². The van der Waals surface area contributed by atoms with E-state index >= 15 is 0 Å². The molecule has 1 fully saturated rings. The number of nitrogens with zero attached hydrogens (tertiary/aromatic N) is 2. The van der Waals surface area contributed by atoms with Gasteiger partial charge in [0.2, 0.25) is 0 Å². The maximum atomic E-state index is 9.68. The maximum Gasteiger partial charge on any atom is 0.101 e. The molecule has 4 rings (SSSR count). The van der Waals surface area contributed by atoms with E-state index in [1.165, 1.54) is 11.1 Å². The summed E-state index contributed by atoms with van der Waals surface area (Å²) in [4.78, 5) is 2.32. The van der Waals surface area contributed by atoms with Gasteiger partial charge in [0.05, 0.1) is 11.3 Å². The van der Waals surface area contributed by atoms with Crippen LogP contribution in [0, 0.1) is 18.3 Å². The summed E-state index contributed by atoms with van der Waals surface area (Å²) in [7, 11) is 2.13. The van der Waals surface area contributed by atoms with Gasteiger partial charge in [-0.3, -0.25) is 0 Å². The van der Waals surface area contributed by atoms with E-state index in [0.29, 0.717) is 12.0 Å². The number of benzene rings is 2. The lowest BCUT2D eigenvalue weighted by molar-refractivity contribution is 0.413. The molecule has 0 aromatic heterocycles. The number of para-hydroxylation sites is 1. The second kappa shape index (κ2) is 5.85. The number of anilines is 3. The van der Waals surface area contributed by atoms with Crippen LogP contribution in [0.3, 0.4) is 0 Å². The van der Waals surface area contributed by atoms with Crippen LogP contribution in [0.4, 0.5) is 17.1 Å². The van der Waals surface area contributed by atoms with Crippen LogP contribution >= 0.6 is 0 Å². The van der Waals surface area contributed by atoms with Crippen molar-refractivity contribution in [2.24, 2.45) is 0 Å². The van der Waals surface area contributed by atoms with Gasteiger partial charge in [-0.2, -0.15) is 5.26 Å². The van der Waals surface area contributed by atoms with Crippen LogP contribution in [0.15, 0.2) is 36.4 Å². The van der Waals surface area contributed by atoms with Crippen LogP contribution in [0.5, 0.6) is 0 Å². The number of likely N-dealkylation sites (N-methyl/N-ethyl adjacent to an activating group) is 1. The first-order chi connectivity index (χ1) is 11.7. The molecule has 2 atom stereocenters. The lowest BCUT2D eigenvalue weighted by Crippen LogP contribution is -2.42. The van der Waals surface area contributed by atoms with Gasteiger partial charge in [-0.15, -0.1) is 0 Å². The highest BCUT2D eigenvalue weighted by molar-refractivity contribution is 5.76. The summed E-state index contributed by atoms with van der Waals surface area (Å²) in [6.07, 6.45) is 1.13. The van der Waals surface area contributed by atoms with Crippen molar-refractivity contribution in [2.45, 2.75) is 25.3 Å². The number of hydrogen-bond donors (Lipinski definition) is 2. The Labute approximate surface area is 143 Å². The molecular weight excluding hydrogens is 296 g/mol. The second-order valence-electron chi connectivity index (χ2n) is 6.79. The van der Waals surface area contributed by atoms with Crippen LogP contribution < -0.4 is 15.5 Å². The Morgan fingerprint density at radius 1 is 1.29 bits per heavy atom. The van der Waals surface area contributed by atoms with E-state index in [1.807, 2.05) is 18.2 Å². The van der Waals surface area contributed by atoms with Gasteiger partial charge in [0.15, 0.2) is 0 Å². The molecule has 2 N–H and O–H groups in total.